The molecule has 32 heavy (non-hydrogen) atoms. The minimum atomic E-state index is -1.29. The number of anilines is 1. The van der Waals surface area contributed by atoms with Gasteiger partial charge in [0.15, 0.2) is 0 Å². The van der Waals surface area contributed by atoms with Crippen LogP contribution in [-0.4, -0.2) is 21.7 Å². The number of rotatable bonds is 4. The van der Waals surface area contributed by atoms with Crippen molar-refractivity contribution in [3.8, 4) is 0 Å². The van der Waals surface area contributed by atoms with Gasteiger partial charge in [0.25, 0.3) is 17.4 Å². The summed E-state index contributed by atoms with van der Waals surface area (Å²) >= 11 is 5.93. The van der Waals surface area contributed by atoms with Crippen molar-refractivity contribution in [3.05, 3.63) is 110 Å². The van der Waals surface area contributed by atoms with Crippen LogP contribution in [0.4, 0.5) is 15.8 Å². The molecule has 9 heteroatoms. The largest absolute Gasteiger partial charge is 0.507 e. The molecule has 0 aliphatic carbocycles. The van der Waals surface area contributed by atoms with Gasteiger partial charge in [-0.2, -0.15) is 0 Å². The van der Waals surface area contributed by atoms with E-state index in [1.807, 2.05) is 0 Å². The zero-order valence-electron chi connectivity index (χ0n) is 16.2. The molecule has 0 spiro atoms. The quantitative estimate of drug-likeness (QED) is 0.197. The first-order valence-corrected chi connectivity index (χ1v) is 9.73. The summed E-state index contributed by atoms with van der Waals surface area (Å²) in [6.45, 7) is 0. The summed E-state index contributed by atoms with van der Waals surface area (Å²) in [6, 6.07) is 15.3. The summed E-state index contributed by atoms with van der Waals surface area (Å²) < 4.78 is 14.8. The Morgan fingerprint density at radius 2 is 1.72 bits per heavy atom. The number of nitrogens with zero attached hydrogens (tertiary/aromatic N) is 2. The Labute approximate surface area is 186 Å². The molecule has 7 nitrogen and oxygen atoms in total. The second kappa shape index (κ2) is 8.24. The lowest BCUT2D eigenvalue weighted by molar-refractivity contribution is -0.384. The van der Waals surface area contributed by atoms with Crippen molar-refractivity contribution >= 4 is 40.4 Å². The molecule has 160 valence electrons. The summed E-state index contributed by atoms with van der Waals surface area (Å²) in [6.07, 6.45) is 0. The van der Waals surface area contributed by atoms with E-state index < -0.39 is 34.2 Å². The van der Waals surface area contributed by atoms with Crippen LogP contribution in [0.25, 0.3) is 5.76 Å². The van der Waals surface area contributed by atoms with Crippen molar-refractivity contribution in [2.75, 3.05) is 4.90 Å². The molecule has 3 aromatic rings. The minimum Gasteiger partial charge on any atom is -0.507 e. The number of aliphatic hydroxyl groups excluding tert-OH is 1. The van der Waals surface area contributed by atoms with Gasteiger partial charge in [0, 0.05) is 34.0 Å². The molecule has 1 heterocycles. The Kier molecular flexibility index (Phi) is 5.46. The zero-order chi connectivity index (χ0) is 23.0. The van der Waals surface area contributed by atoms with Gasteiger partial charge >= 0.3 is 0 Å². The minimum absolute atomic E-state index is 0.0198. The number of halogens is 2. The molecule has 1 aliphatic rings. The van der Waals surface area contributed by atoms with Crippen LogP contribution >= 0.6 is 11.6 Å². The van der Waals surface area contributed by atoms with Gasteiger partial charge in [-0.15, -0.1) is 0 Å². The van der Waals surface area contributed by atoms with Gasteiger partial charge < -0.3 is 5.11 Å². The molecule has 4 rings (SSSR count). The second-order valence-corrected chi connectivity index (χ2v) is 7.41. The third-order valence-corrected chi connectivity index (χ3v) is 5.33. The van der Waals surface area contributed by atoms with E-state index in [2.05, 4.69) is 0 Å². The molecular formula is C23H14ClFN2O5. The highest BCUT2D eigenvalue weighted by Crippen LogP contribution is 2.43. The second-order valence-electron chi connectivity index (χ2n) is 6.97. The van der Waals surface area contributed by atoms with Crippen molar-refractivity contribution in [2.24, 2.45) is 0 Å². The molecule has 0 radical (unpaired) electrons. The van der Waals surface area contributed by atoms with Gasteiger partial charge in [0.1, 0.15) is 11.6 Å². The van der Waals surface area contributed by atoms with E-state index >= 15 is 0 Å². The molecule has 0 bridgehead atoms. The number of benzene rings is 3. The van der Waals surface area contributed by atoms with Crippen LogP contribution in [0, 0.1) is 15.9 Å². The van der Waals surface area contributed by atoms with E-state index in [9.17, 15) is 29.2 Å². The first-order valence-electron chi connectivity index (χ1n) is 9.35. The third kappa shape index (κ3) is 3.61. The van der Waals surface area contributed by atoms with Gasteiger partial charge in [-0.05, 0) is 30.3 Å². The van der Waals surface area contributed by atoms with Gasteiger partial charge in [-0.25, -0.2) is 4.39 Å². The van der Waals surface area contributed by atoms with E-state index in [4.69, 9.17) is 11.6 Å². The van der Waals surface area contributed by atoms with Crippen molar-refractivity contribution in [1.29, 1.82) is 0 Å². The Morgan fingerprint density at radius 1 is 1.03 bits per heavy atom. The van der Waals surface area contributed by atoms with E-state index in [0.717, 1.165) is 11.0 Å². The third-order valence-electron chi connectivity index (χ3n) is 5.08. The maximum Gasteiger partial charge on any atom is 0.300 e. The maximum absolute atomic E-state index is 14.8. The van der Waals surface area contributed by atoms with Crippen molar-refractivity contribution in [1.82, 2.24) is 0 Å². The smallest absolute Gasteiger partial charge is 0.300 e. The fourth-order valence-electron chi connectivity index (χ4n) is 3.61. The Bertz CT molecular complexity index is 1290. The van der Waals surface area contributed by atoms with Crippen molar-refractivity contribution in [2.45, 2.75) is 6.04 Å². The maximum atomic E-state index is 14.8. The fourth-order valence-corrected chi connectivity index (χ4v) is 3.74. The molecule has 1 amide bonds. The highest BCUT2D eigenvalue weighted by atomic mass is 35.5. The summed E-state index contributed by atoms with van der Waals surface area (Å²) in [5.74, 6) is -3.36. The van der Waals surface area contributed by atoms with Crippen LogP contribution in [-0.2, 0) is 9.59 Å². The average molecular weight is 453 g/mol. The SMILES string of the molecule is O=C1C(=O)N(c2ccc(Cl)cc2)C(c2ccccc2F)/C1=C(\O)c1cccc([N+](=O)[O-])c1. The lowest BCUT2D eigenvalue weighted by Gasteiger charge is -2.25. The van der Waals surface area contributed by atoms with Gasteiger partial charge in [-0.3, -0.25) is 24.6 Å². The highest BCUT2D eigenvalue weighted by molar-refractivity contribution is 6.51. The van der Waals surface area contributed by atoms with E-state index in [1.165, 1.54) is 66.7 Å². The summed E-state index contributed by atoms with van der Waals surface area (Å²) in [4.78, 5) is 37.5. The van der Waals surface area contributed by atoms with Crippen molar-refractivity contribution in [3.63, 3.8) is 0 Å². The van der Waals surface area contributed by atoms with E-state index in [-0.39, 0.29) is 28.1 Å². The topological polar surface area (TPSA) is 101 Å². The van der Waals surface area contributed by atoms with E-state index in [1.54, 1.807) is 0 Å². The summed E-state index contributed by atoms with van der Waals surface area (Å²) in [5.41, 5.74) is -0.495. The number of hydrogen-bond acceptors (Lipinski definition) is 5. The van der Waals surface area contributed by atoms with E-state index in [0.29, 0.717) is 5.02 Å². The number of aliphatic hydroxyl groups is 1. The van der Waals surface area contributed by atoms with Crippen LogP contribution in [0.2, 0.25) is 5.02 Å². The van der Waals surface area contributed by atoms with Crippen LogP contribution in [0.1, 0.15) is 17.2 Å². The number of amides is 1. The molecule has 1 unspecified atom stereocenters. The van der Waals surface area contributed by atoms with Gasteiger partial charge in [0.05, 0.1) is 16.5 Å². The number of Topliss-reactive ketones (excluding diaryl/α,β-unsaturated/α-hetero) is 1. The molecule has 1 saturated heterocycles. The Hall–Kier alpha value is -4.04. The van der Waals surface area contributed by atoms with Crippen LogP contribution in [0.5, 0.6) is 0 Å². The lowest BCUT2D eigenvalue weighted by atomic mass is 9.94. The normalized spacial score (nSPS) is 17.6. The molecule has 0 saturated carbocycles. The molecule has 3 aromatic carbocycles. The van der Waals surface area contributed by atoms with Crippen LogP contribution < -0.4 is 4.90 Å². The van der Waals surface area contributed by atoms with Crippen LogP contribution in [0.15, 0.2) is 78.4 Å². The number of hydrogen-bond donors (Lipinski definition) is 1. The molecule has 0 aromatic heterocycles. The molecule has 1 aliphatic heterocycles. The number of nitro benzene ring substituents is 1. The predicted molar refractivity (Wildman–Crippen MR) is 116 cm³/mol. The van der Waals surface area contributed by atoms with Crippen LogP contribution in [0.3, 0.4) is 0 Å². The van der Waals surface area contributed by atoms with Gasteiger partial charge in [0.2, 0.25) is 0 Å². The number of nitro groups is 1. The summed E-state index contributed by atoms with van der Waals surface area (Å²) in [7, 11) is 0. The number of non-ortho nitro benzene ring substituents is 1. The number of ketones is 1. The standard InChI is InChI=1S/C23H14ClFN2O5/c24-14-8-10-15(11-9-14)26-20(17-6-1-2-7-18(17)25)19(22(29)23(26)30)21(28)13-4-3-5-16(12-13)27(31)32/h1-12,20,28H/b21-19+. The first-order chi connectivity index (χ1) is 15.3. The first kappa shape index (κ1) is 21.2. The fraction of sp³-hybridized carbons (Fsp3) is 0.0435. The zero-order valence-corrected chi connectivity index (χ0v) is 17.0. The molecule has 1 N–H and O–H groups in total. The number of carbonyl (C=O) groups is 2. The monoisotopic (exact) mass is 452 g/mol. The predicted octanol–water partition coefficient (Wildman–Crippen LogP) is 5.01. The Balaban J connectivity index is 1.97. The summed E-state index contributed by atoms with van der Waals surface area (Å²) in [5, 5.41) is 22.5. The van der Waals surface area contributed by atoms with Crippen molar-refractivity contribution < 1.29 is 24.0 Å². The number of carbonyl (C=O) groups excluding carboxylic acids is 2. The van der Waals surface area contributed by atoms with Gasteiger partial charge in [-0.1, -0.05) is 41.9 Å². The average Bonchev–Trinajstić information content (AvgIpc) is 3.04. The highest BCUT2D eigenvalue weighted by Gasteiger charge is 2.47. The molecule has 1 atom stereocenters. The molecule has 1 fully saturated rings. The lowest BCUT2D eigenvalue weighted by Crippen LogP contribution is -2.29. The Morgan fingerprint density at radius 3 is 2.38 bits per heavy atom. The molecular weight excluding hydrogens is 439 g/mol.